The molecule has 4 aliphatic heterocycles. The Morgan fingerprint density at radius 1 is 0.800 bits per heavy atom. The largest absolute Gasteiger partial charge is 0.445 e. The number of amides is 3. The summed E-state index contributed by atoms with van der Waals surface area (Å²) >= 11 is 0. The summed E-state index contributed by atoms with van der Waals surface area (Å²) in [6.07, 6.45) is -5.35. The predicted molar refractivity (Wildman–Crippen MR) is 215 cm³/mol. The van der Waals surface area contributed by atoms with Crippen LogP contribution in [0.2, 0.25) is 0 Å². The van der Waals surface area contributed by atoms with Gasteiger partial charge in [0.1, 0.15) is 25.4 Å². The summed E-state index contributed by atoms with van der Waals surface area (Å²) in [6.45, 7) is 10.7. The number of likely N-dealkylation sites (N-methyl/N-ethyl adjacent to an activating group) is 1. The van der Waals surface area contributed by atoms with Crippen molar-refractivity contribution in [3.63, 3.8) is 0 Å². The van der Waals surface area contributed by atoms with Crippen molar-refractivity contribution < 1.29 is 52.3 Å². The number of nitrogens with zero attached hydrogens (tertiary/aromatic N) is 4. The molecule has 4 heterocycles. The van der Waals surface area contributed by atoms with E-state index < -0.39 is 85.7 Å². The monoisotopic (exact) mass is 834 g/mol. The van der Waals surface area contributed by atoms with Crippen LogP contribution >= 0.6 is 0 Å². The zero-order chi connectivity index (χ0) is 42.5. The number of carbonyl (C=O) groups is 3. The van der Waals surface area contributed by atoms with Crippen LogP contribution in [0, 0.1) is 23.7 Å². The highest BCUT2D eigenvalue weighted by molar-refractivity contribution is 5.71. The number of fused-ring (bicyclic) bond motifs is 3. The Balaban J connectivity index is 1.07. The van der Waals surface area contributed by atoms with E-state index in [-0.39, 0.29) is 44.0 Å². The number of benzene rings is 2. The van der Waals surface area contributed by atoms with Crippen LogP contribution in [0.1, 0.15) is 71.4 Å². The zero-order valence-electron chi connectivity index (χ0n) is 35.0. The van der Waals surface area contributed by atoms with Crippen molar-refractivity contribution in [1.29, 1.82) is 0 Å². The van der Waals surface area contributed by atoms with Crippen LogP contribution in [-0.4, -0.2) is 104 Å². The van der Waals surface area contributed by atoms with Crippen molar-refractivity contribution in [3.8, 4) is 0 Å². The molecule has 5 fully saturated rings. The topological polar surface area (TPSA) is 201 Å². The Morgan fingerprint density at radius 3 is 2.08 bits per heavy atom. The molecule has 0 bridgehead atoms. The van der Waals surface area contributed by atoms with E-state index in [1.54, 1.807) is 7.05 Å². The summed E-state index contributed by atoms with van der Waals surface area (Å²) in [5.74, 6) is 0.513. The van der Waals surface area contributed by atoms with Gasteiger partial charge in [0.25, 0.3) is 0 Å². The summed E-state index contributed by atoms with van der Waals surface area (Å²) in [7, 11) is 1.65. The number of hydrogen-bond acceptors (Lipinski definition) is 12. The summed E-state index contributed by atoms with van der Waals surface area (Å²) < 4.78 is 50.2. The van der Waals surface area contributed by atoms with Crippen LogP contribution in [0.4, 0.5) is 14.4 Å². The third-order valence-corrected chi connectivity index (χ3v) is 13.0. The third-order valence-electron chi connectivity index (χ3n) is 13.0. The second-order valence-electron chi connectivity index (χ2n) is 16.9. The Hall–Kier alpha value is -4.64. The molecule has 8 unspecified atom stereocenters. The standard InChI is InChI=1S/C43H58N6O11/c1-7-32-25(4)24(3)26(5)39(55-32)60-40-34-37(59-43(52)49(34)6)36-33(56-40)18-23(2)38(58-36)57-35-30(46-42(51)54-22-28-16-12-9-13-17-28)19-29(20-31(35)47-48-44)45-41(50)53-21-27-14-10-8-11-15-27/h8-17,23-26,29-40H,7,18-22H2,1-6H3,(H,45,50)(H,46,51)/t23?,24-,25-,26?,29+,30?,31+,32?,33-,34?,35+,36?,37?,38-,39+,40?/m0/s1. The highest BCUT2D eigenvalue weighted by atomic mass is 16.8. The molecular formula is C43H58N6O11. The molecule has 2 aromatic carbocycles. The average molecular weight is 835 g/mol. The van der Waals surface area contributed by atoms with Gasteiger partial charge in [-0.2, -0.15) is 0 Å². The summed E-state index contributed by atoms with van der Waals surface area (Å²) in [5, 5.41) is 9.88. The molecule has 1 saturated carbocycles. The lowest BCUT2D eigenvalue weighted by atomic mass is 9.78. The van der Waals surface area contributed by atoms with Gasteiger partial charge in [0.05, 0.1) is 30.4 Å². The van der Waals surface area contributed by atoms with Crippen LogP contribution in [0.25, 0.3) is 10.4 Å². The van der Waals surface area contributed by atoms with Gasteiger partial charge < -0.3 is 48.5 Å². The molecule has 60 heavy (non-hydrogen) atoms. The van der Waals surface area contributed by atoms with Gasteiger partial charge in [-0.25, -0.2) is 14.4 Å². The number of ether oxygens (including phenoxy) is 8. The number of azide groups is 1. The molecule has 4 saturated heterocycles. The Labute approximate surface area is 350 Å². The molecule has 0 radical (unpaired) electrons. The first-order chi connectivity index (χ1) is 28.9. The van der Waals surface area contributed by atoms with Gasteiger partial charge in [0.15, 0.2) is 25.0 Å². The van der Waals surface area contributed by atoms with Gasteiger partial charge in [0, 0.05) is 29.8 Å². The quantitative estimate of drug-likeness (QED) is 0.0987. The smallest absolute Gasteiger partial charge is 0.410 e. The molecule has 5 aliphatic rings. The summed E-state index contributed by atoms with van der Waals surface area (Å²) in [5.41, 5.74) is 11.3. The van der Waals surface area contributed by atoms with E-state index >= 15 is 0 Å². The van der Waals surface area contributed by atoms with Gasteiger partial charge in [-0.3, -0.25) is 4.90 Å². The van der Waals surface area contributed by atoms with E-state index in [2.05, 4.69) is 48.4 Å². The van der Waals surface area contributed by atoms with Gasteiger partial charge in [-0.15, -0.1) is 0 Å². The van der Waals surface area contributed by atoms with Crippen molar-refractivity contribution >= 4 is 18.3 Å². The molecule has 2 aromatic rings. The number of rotatable bonds is 12. The second kappa shape index (κ2) is 19.4. The first kappa shape index (κ1) is 43.4. The SMILES string of the molecule is CCC1O[C@H](OC2O[C@H]3CC(C)[C@@H](O[C@@H]4C(NC(=O)OCc5ccccc5)C[C@@H](NC(=O)OCc5ccccc5)C[C@H]4N=[N+]=[N-])OC3C3OC(=O)N(C)C23)C(C)[C@@H](C)[C@@H]1C. The van der Waals surface area contributed by atoms with Crippen LogP contribution in [-0.2, 0) is 51.1 Å². The van der Waals surface area contributed by atoms with Crippen LogP contribution < -0.4 is 10.6 Å². The van der Waals surface area contributed by atoms with Gasteiger partial charge in [-0.1, -0.05) is 100 Å². The zero-order valence-corrected chi connectivity index (χ0v) is 35.0. The van der Waals surface area contributed by atoms with Gasteiger partial charge in [-0.05, 0) is 54.2 Å². The van der Waals surface area contributed by atoms with Crippen molar-refractivity contribution in [2.24, 2.45) is 28.8 Å². The third kappa shape index (κ3) is 9.77. The molecular weight excluding hydrogens is 777 g/mol. The van der Waals surface area contributed by atoms with Crippen molar-refractivity contribution in [1.82, 2.24) is 15.5 Å². The minimum atomic E-state index is -0.904. The fourth-order valence-electron chi connectivity index (χ4n) is 9.25. The maximum absolute atomic E-state index is 13.4. The maximum Gasteiger partial charge on any atom is 0.410 e. The Bertz CT molecular complexity index is 1820. The lowest BCUT2D eigenvalue weighted by Crippen LogP contribution is -2.65. The van der Waals surface area contributed by atoms with E-state index in [1.807, 2.05) is 67.6 Å². The van der Waals surface area contributed by atoms with E-state index in [9.17, 15) is 19.9 Å². The van der Waals surface area contributed by atoms with Crippen molar-refractivity contribution in [2.75, 3.05) is 7.05 Å². The second-order valence-corrected chi connectivity index (χ2v) is 16.9. The molecule has 7 rings (SSSR count). The van der Waals surface area contributed by atoms with Crippen molar-refractivity contribution in [2.45, 2.75) is 147 Å². The molecule has 1 aliphatic carbocycles. The van der Waals surface area contributed by atoms with Crippen molar-refractivity contribution in [3.05, 3.63) is 82.2 Å². The fourth-order valence-corrected chi connectivity index (χ4v) is 9.25. The molecule has 17 heteroatoms. The maximum atomic E-state index is 13.4. The lowest BCUT2D eigenvalue weighted by molar-refractivity contribution is -0.368. The molecule has 3 amide bonds. The fraction of sp³-hybridized carbons (Fsp3) is 0.651. The highest BCUT2D eigenvalue weighted by Gasteiger charge is 2.60. The normalized spacial score (nSPS) is 37.4. The van der Waals surface area contributed by atoms with E-state index in [4.69, 9.17) is 37.9 Å². The molecule has 326 valence electrons. The van der Waals surface area contributed by atoms with E-state index in [1.165, 1.54) is 4.90 Å². The molecule has 0 spiro atoms. The predicted octanol–water partition coefficient (Wildman–Crippen LogP) is 6.79. The van der Waals surface area contributed by atoms with Crippen LogP contribution in [0.15, 0.2) is 65.8 Å². The number of hydrogen-bond donors (Lipinski definition) is 2. The lowest BCUT2D eigenvalue weighted by Gasteiger charge is -2.51. The Kier molecular flexibility index (Phi) is 14.0. The molecule has 16 atom stereocenters. The minimum absolute atomic E-state index is 0.0214. The van der Waals surface area contributed by atoms with Crippen LogP contribution in [0.3, 0.4) is 0 Å². The van der Waals surface area contributed by atoms with Gasteiger partial charge >= 0.3 is 18.3 Å². The first-order valence-corrected chi connectivity index (χ1v) is 21.1. The number of nitrogens with one attached hydrogen (secondary N) is 2. The number of carbonyl (C=O) groups excluding carboxylic acids is 3. The number of alkyl carbamates (subject to hydrolysis) is 2. The van der Waals surface area contributed by atoms with E-state index in [0.29, 0.717) is 18.3 Å². The highest BCUT2D eigenvalue weighted by Crippen LogP contribution is 2.44. The molecule has 0 aromatic heterocycles. The Morgan fingerprint density at radius 2 is 1.45 bits per heavy atom. The van der Waals surface area contributed by atoms with Crippen LogP contribution in [0.5, 0.6) is 0 Å². The molecule has 2 N–H and O–H groups in total. The average Bonchev–Trinajstić information content (AvgIpc) is 3.55. The van der Waals surface area contributed by atoms with E-state index in [0.717, 1.165) is 17.5 Å². The molecule has 17 nitrogen and oxygen atoms in total. The summed E-state index contributed by atoms with van der Waals surface area (Å²) in [4.78, 5) is 44.1. The van der Waals surface area contributed by atoms with Gasteiger partial charge in [0.2, 0.25) is 0 Å². The minimum Gasteiger partial charge on any atom is -0.445 e. The first-order valence-electron chi connectivity index (χ1n) is 21.1. The summed E-state index contributed by atoms with van der Waals surface area (Å²) in [6, 6.07) is 15.7.